The van der Waals surface area contributed by atoms with Crippen LogP contribution in [0.15, 0.2) is 30.3 Å². The molecule has 2 aromatic rings. The Morgan fingerprint density at radius 3 is 2.44 bits per heavy atom. The van der Waals surface area contributed by atoms with Crippen LogP contribution in [-0.4, -0.2) is 37.7 Å². The highest BCUT2D eigenvalue weighted by Gasteiger charge is 2.23. The second kappa shape index (κ2) is 9.18. The van der Waals surface area contributed by atoms with Gasteiger partial charge in [-0.25, -0.2) is 9.59 Å². The van der Waals surface area contributed by atoms with Crippen molar-refractivity contribution in [3.05, 3.63) is 46.3 Å². The van der Waals surface area contributed by atoms with Crippen LogP contribution in [0.4, 0.5) is 5.00 Å². The van der Waals surface area contributed by atoms with Crippen LogP contribution in [-0.2, 0) is 19.1 Å². The molecule has 0 bridgehead atoms. The third-order valence-electron chi connectivity index (χ3n) is 3.76. The Morgan fingerprint density at radius 1 is 1.15 bits per heavy atom. The fourth-order valence-corrected chi connectivity index (χ4v) is 3.30. The van der Waals surface area contributed by atoms with Gasteiger partial charge in [-0.2, -0.15) is 0 Å². The highest BCUT2D eigenvalue weighted by molar-refractivity contribution is 7.16. The zero-order valence-electron chi connectivity index (χ0n) is 15.5. The van der Waals surface area contributed by atoms with Crippen LogP contribution in [0.2, 0.25) is 0 Å². The van der Waals surface area contributed by atoms with Gasteiger partial charge in [0.2, 0.25) is 0 Å². The minimum Gasteiger partial charge on any atom is -0.479 e. The fraction of sp³-hybridized carbons (Fsp3) is 0.316. The maximum absolute atomic E-state index is 12.1. The lowest BCUT2D eigenvalue weighted by Gasteiger charge is -2.13. The van der Waals surface area contributed by atoms with Crippen molar-refractivity contribution in [2.75, 3.05) is 19.0 Å². The lowest BCUT2D eigenvalue weighted by molar-refractivity contribution is -0.153. The number of hydrogen-bond donors (Lipinski definition) is 1. The van der Waals surface area contributed by atoms with Crippen LogP contribution < -0.4 is 10.1 Å². The van der Waals surface area contributed by atoms with Gasteiger partial charge in [-0.3, -0.25) is 4.79 Å². The highest BCUT2D eigenvalue weighted by Crippen LogP contribution is 2.32. The summed E-state index contributed by atoms with van der Waals surface area (Å²) in [6.45, 7) is 4.66. The zero-order chi connectivity index (χ0) is 20.0. The first-order valence-electron chi connectivity index (χ1n) is 8.20. The Morgan fingerprint density at radius 2 is 1.81 bits per heavy atom. The van der Waals surface area contributed by atoms with Crippen molar-refractivity contribution in [3.63, 3.8) is 0 Å². The number of para-hydroxylation sites is 1. The molecule has 0 saturated carbocycles. The summed E-state index contributed by atoms with van der Waals surface area (Å²) in [4.78, 5) is 36.9. The minimum atomic E-state index is -0.864. The number of amides is 1. The number of carbonyl (C=O) groups is 3. The van der Waals surface area contributed by atoms with Gasteiger partial charge in [-0.1, -0.05) is 18.2 Å². The van der Waals surface area contributed by atoms with E-state index in [0.717, 1.165) is 10.4 Å². The normalized spacial score (nSPS) is 11.4. The van der Waals surface area contributed by atoms with Gasteiger partial charge in [0, 0.05) is 4.88 Å². The molecule has 0 fully saturated rings. The summed E-state index contributed by atoms with van der Waals surface area (Å²) in [7, 11) is 1.27. The molecule has 7 nitrogen and oxygen atoms in total. The molecular formula is C19H21NO6S. The molecule has 1 atom stereocenters. The van der Waals surface area contributed by atoms with Crippen LogP contribution in [0.5, 0.6) is 5.75 Å². The summed E-state index contributed by atoms with van der Waals surface area (Å²) in [5.41, 5.74) is 1.05. The van der Waals surface area contributed by atoms with Crippen LogP contribution in [0.25, 0.3) is 0 Å². The van der Waals surface area contributed by atoms with Crippen molar-refractivity contribution >= 4 is 34.2 Å². The van der Waals surface area contributed by atoms with Gasteiger partial charge in [-0.05, 0) is 38.5 Å². The molecule has 1 heterocycles. The molecule has 2 rings (SSSR count). The number of esters is 2. The second-order valence-corrected chi connectivity index (χ2v) is 6.93. The quantitative estimate of drug-likeness (QED) is 0.730. The van der Waals surface area contributed by atoms with Gasteiger partial charge in [-0.15, -0.1) is 11.3 Å². The van der Waals surface area contributed by atoms with Gasteiger partial charge in [0.1, 0.15) is 10.8 Å². The van der Waals surface area contributed by atoms with E-state index in [9.17, 15) is 14.4 Å². The average molecular weight is 391 g/mol. The number of rotatable bonds is 7. The second-order valence-electron chi connectivity index (χ2n) is 5.71. The van der Waals surface area contributed by atoms with Gasteiger partial charge in [0.15, 0.2) is 12.7 Å². The van der Waals surface area contributed by atoms with E-state index in [1.54, 1.807) is 31.2 Å². The SMILES string of the molecule is COC(=O)c1c(NC(=O)COC(=O)[C@@H](C)Oc2ccccc2)sc(C)c1C. The van der Waals surface area contributed by atoms with E-state index in [1.165, 1.54) is 25.4 Å². The summed E-state index contributed by atoms with van der Waals surface area (Å²) in [6.07, 6.45) is -0.864. The van der Waals surface area contributed by atoms with E-state index >= 15 is 0 Å². The maximum Gasteiger partial charge on any atom is 0.347 e. The van der Waals surface area contributed by atoms with Crippen molar-refractivity contribution in [3.8, 4) is 5.75 Å². The predicted octanol–water partition coefficient (Wildman–Crippen LogP) is 3.10. The Balaban J connectivity index is 1.92. The molecule has 0 aliphatic rings. The van der Waals surface area contributed by atoms with Crippen LogP contribution >= 0.6 is 11.3 Å². The number of anilines is 1. The molecule has 1 amide bonds. The Labute approximate surface area is 161 Å². The molecule has 0 saturated heterocycles. The smallest absolute Gasteiger partial charge is 0.347 e. The van der Waals surface area contributed by atoms with Crippen LogP contribution in [0, 0.1) is 13.8 Å². The molecule has 0 aliphatic heterocycles. The van der Waals surface area contributed by atoms with Crippen molar-refractivity contribution in [1.82, 2.24) is 0 Å². The molecule has 1 aromatic heterocycles. The predicted molar refractivity (Wildman–Crippen MR) is 101 cm³/mol. The number of benzene rings is 1. The summed E-state index contributed by atoms with van der Waals surface area (Å²) >= 11 is 1.26. The summed E-state index contributed by atoms with van der Waals surface area (Å²) in [5, 5.41) is 2.96. The van der Waals surface area contributed by atoms with Crippen molar-refractivity contribution < 1.29 is 28.6 Å². The highest BCUT2D eigenvalue weighted by atomic mass is 32.1. The summed E-state index contributed by atoms with van der Waals surface area (Å²) < 4.78 is 15.2. The number of hydrogen-bond acceptors (Lipinski definition) is 7. The van der Waals surface area contributed by atoms with Gasteiger partial charge in [0.05, 0.1) is 12.7 Å². The number of aryl methyl sites for hydroxylation is 1. The van der Waals surface area contributed by atoms with Crippen molar-refractivity contribution in [1.29, 1.82) is 0 Å². The summed E-state index contributed by atoms with van der Waals surface area (Å²) in [6, 6.07) is 8.82. The van der Waals surface area contributed by atoms with Gasteiger partial charge in [0.25, 0.3) is 5.91 Å². The average Bonchev–Trinajstić information content (AvgIpc) is 2.93. The largest absolute Gasteiger partial charge is 0.479 e. The van der Waals surface area contributed by atoms with Gasteiger partial charge >= 0.3 is 11.9 Å². The first kappa shape index (κ1) is 20.4. The number of methoxy groups -OCH3 is 1. The monoisotopic (exact) mass is 391 g/mol. The van der Waals surface area contributed by atoms with Crippen molar-refractivity contribution in [2.24, 2.45) is 0 Å². The topological polar surface area (TPSA) is 90.9 Å². The molecule has 144 valence electrons. The minimum absolute atomic E-state index is 0.306. The van der Waals surface area contributed by atoms with E-state index in [4.69, 9.17) is 14.2 Å². The third kappa shape index (κ3) is 5.30. The Kier molecular flexibility index (Phi) is 6.95. The first-order chi connectivity index (χ1) is 12.8. The van der Waals surface area contributed by atoms with Crippen molar-refractivity contribution in [2.45, 2.75) is 26.9 Å². The number of carbonyl (C=O) groups excluding carboxylic acids is 3. The van der Waals surface area contributed by atoms with Gasteiger partial charge < -0.3 is 19.5 Å². The van der Waals surface area contributed by atoms with E-state index < -0.39 is 30.6 Å². The van der Waals surface area contributed by atoms with E-state index in [2.05, 4.69) is 5.32 Å². The molecule has 8 heteroatoms. The Hall–Kier alpha value is -2.87. The number of ether oxygens (including phenoxy) is 3. The number of thiophene rings is 1. The maximum atomic E-state index is 12.1. The number of nitrogens with one attached hydrogen (secondary N) is 1. The molecule has 0 spiro atoms. The fourth-order valence-electron chi connectivity index (χ4n) is 2.23. The van der Waals surface area contributed by atoms with E-state index in [1.807, 2.05) is 13.0 Å². The first-order valence-corrected chi connectivity index (χ1v) is 9.01. The molecule has 0 aliphatic carbocycles. The van der Waals surface area contributed by atoms with Crippen LogP contribution in [0.1, 0.15) is 27.7 Å². The standard InChI is InChI=1S/C19H21NO6S/c1-11-13(3)27-17(16(11)19(23)24-4)20-15(21)10-25-18(22)12(2)26-14-8-6-5-7-9-14/h5-9,12H,10H2,1-4H3,(H,20,21)/t12-/m1/s1. The molecule has 0 radical (unpaired) electrons. The Bertz CT molecular complexity index is 830. The van der Waals surface area contributed by atoms with E-state index in [-0.39, 0.29) is 0 Å². The van der Waals surface area contributed by atoms with Crippen LogP contribution in [0.3, 0.4) is 0 Å². The molecule has 1 N–H and O–H groups in total. The molecule has 1 aromatic carbocycles. The summed E-state index contributed by atoms with van der Waals surface area (Å²) in [5.74, 6) is -1.23. The zero-order valence-corrected chi connectivity index (χ0v) is 16.3. The lowest BCUT2D eigenvalue weighted by atomic mass is 10.1. The van der Waals surface area contributed by atoms with E-state index in [0.29, 0.717) is 16.3 Å². The lowest BCUT2D eigenvalue weighted by Crippen LogP contribution is -2.29. The molecular weight excluding hydrogens is 370 g/mol. The third-order valence-corrected chi connectivity index (χ3v) is 4.88. The molecule has 0 unspecified atom stereocenters. The molecule has 27 heavy (non-hydrogen) atoms.